The van der Waals surface area contributed by atoms with Crippen molar-refractivity contribution in [2.45, 2.75) is 5.16 Å². The Balaban J connectivity index is 1.53. The van der Waals surface area contributed by atoms with E-state index in [1.165, 1.54) is 11.8 Å². The number of carbonyl (C=O) groups is 1. The zero-order chi connectivity index (χ0) is 19.2. The van der Waals surface area contributed by atoms with Gasteiger partial charge in [-0.3, -0.25) is 9.89 Å². The summed E-state index contributed by atoms with van der Waals surface area (Å²) in [7, 11) is 5.57. The first-order chi connectivity index (χ1) is 13.0. The number of rotatable bonds is 7. The molecule has 2 N–H and O–H groups in total. The fourth-order valence-electron chi connectivity index (χ4n) is 2.36. The first-order valence-electron chi connectivity index (χ1n) is 8.32. The fraction of sp³-hybridized carbons (Fsp3) is 0.211. The summed E-state index contributed by atoms with van der Waals surface area (Å²) in [5.74, 6) is 1.56. The van der Waals surface area contributed by atoms with Crippen molar-refractivity contribution in [3.63, 3.8) is 0 Å². The van der Waals surface area contributed by atoms with Crippen LogP contribution in [0, 0.1) is 0 Å². The van der Waals surface area contributed by atoms with Crippen LogP contribution in [0.3, 0.4) is 0 Å². The lowest BCUT2D eigenvalue weighted by Gasteiger charge is -2.12. The molecule has 0 saturated carbocycles. The smallest absolute Gasteiger partial charge is 0.234 e. The molecule has 3 aromatic rings. The standard InChI is InChI=1S/C19H21N5O2S/c1-24(2)15-8-6-14(7-9-15)20-17(25)12-27-19-21-18(22-23-19)13-4-10-16(26-3)11-5-13/h4-11H,12H2,1-3H3,(H,20,25)(H,21,22,23). The monoisotopic (exact) mass is 383 g/mol. The van der Waals surface area contributed by atoms with Crippen LogP contribution in [0.15, 0.2) is 53.7 Å². The molecule has 3 rings (SSSR count). The normalized spacial score (nSPS) is 10.5. The van der Waals surface area contributed by atoms with Crippen molar-refractivity contribution in [3.05, 3.63) is 48.5 Å². The molecule has 0 aliphatic rings. The number of nitrogens with one attached hydrogen (secondary N) is 2. The van der Waals surface area contributed by atoms with E-state index in [0.29, 0.717) is 11.0 Å². The third-order valence-electron chi connectivity index (χ3n) is 3.83. The van der Waals surface area contributed by atoms with E-state index in [-0.39, 0.29) is 11.7 Å². The van der Waals surface area contributed by atoms with Crippen molar-refractivity contribution >= 4 is 29.0 Å². The van der Waals surface area contributed by atoms with Gasteiger partial charge in [-0.1, -0.05) is 11.8 Å². The second kappa shape index (κ2) is 8.59. The maximum atomic E-state index is 12.1. The van der Waals surface area contributed by atoms with Gasteiger partial charge in [-0.2, -0.15) is 0 Å². The van der Waals surface area contributed by atoms with E-state index >= 15 is 0 Å². The van der Waals surface area contributed by atoms with Crippen LogP contribution in [0.25, 0.3) is 11.4 Å². The van der Waals surface area contributed by atoms with Crippen molar-refractivity contribution in [1.82, 2.24) is 15.2 Å². The van der Waals surface area contributed by atoms with Crippen LogP contribution in [0.2, 0.25) is 0 Å². The number of thioether (sulfide) groups is 1. The predicted molar refractivity (Wildman–Crippen MR) is 108 cm³/mol. The van der Waals surface area contributed by atoms with Crippen LogP contribution in [0.1, 0.15) is 0 Å². The fourth-order valence-corrected chi connectivity index (χ4v) is 2.96. The van der Waals surface area contributed by atoms with Crippen LogP contribution in [-0.4, -0.2) is 48.0 Å². The Hall–Kier alpha value is -3.00. The molecule has 0 fully saturated rings. The first-order valence-corrected chi connectivity index (χ1v) is 9.30. The Morgan fingerprint density at radius 1 is 1.15 bits per heavy atom. The van der Waals surface area contributed by atoms with Gasteiger partial charge in [-0.15, -0.1) is 5.10 Å². The number of amides is 1. The Kier molecular flexibility index (Phi) is 5.97. The van der Waals surface area contributed by atoms with Gasteiger partial charge in [0, 0.05) is 31.0 Å². The molecule has 2 aromatic carbocycles. The SMILES string of the molecule is COc1ccc(-c2nc(SCC(=O)Nc3ccc(N(C)C)cc3)n[nH]2)cc1. The topological polar surface area (TPSA) is 83.1 Å². The summed E-state index contributed by atoms with van der Waals surface area (Å²) in [6.45, 7) is 0. The van der Waals surface area contributed by atoms with Crippen molar-refractivity contribution in [1.29, 1.82) is 0 Å². The maximum absolute atomic E-state index is 12.1. The molecule has 8 heteroatoms. The zero-order valence-corrected chi connectivity index (χ0v) is 16.2. The Labute approximate surface area is 162 Å². The molecule has 1 aromatic heterocycles. The molecular weight excluding hydrogens is 362 g/mol. The zero-order valence-electron chi connectivity index (χ0n) is 15.4. The van der Waals surface area contributed by atoms with E-state index in [2.05, 4.69) is 20.5 Å². The van der Waals surface area contributed by atoms with Crippen molar-refractivity contribution < 1.29 is 9.53 Å². The number of aromatic nitrogens is 3. The number of hydrogen-bond acceptors (Lipinski definition) is 6. The predicted octanol–water partition coefficient (Wildman–Crippen LogP) is 3.28. The highest BCUT2D eigenvalue weighted by Gasteiger charge is 2.09. The molecule has 27 heavy (non-hydrogen) atoms. The van der Waals surface area contributed by atoms with Crippen molar-refractivity contribution in [3.8, 4) is 17.1 Å². The summed E-state index contributed by atoms with van der Waals surface area (Å²) in [6, 6.07) is 15.2. The number of H-pyrrole nitrogens is 1. The van der Waals surface area contributed by atoms with Gasteiger partial charge >= 0.3 is 0 Å². The van der Waals surface area contributed by atoms with Gasteiger partial charge in [-0.05, 0) is 48.5 Å². The lowest BCUT2D eigenvalue weighted by Crippen LogP contribution is -2.14. The lowest BCUT2D eigenvalue weighted by atomic mass is 10.2. The number of benzene rings is 2. The Morgan fingerprint density at radius 3 is 2.48 bits per heavy atom. The molecule has 0 aliphatic heterocycles. The van der Waals surface area contributed by atoms with Crippen LogP contribution >= 0.6 is 11.8 Å². The Morgan fingerprint density at radius 2 is 1.85 bits per heavy atom. The number of ether oxygens (including phenoxy) is 1. The highest BCUT2D eigenvalue weighted by atomic mass is 32.2. The quantitative estimate of drug-likeness (QED) is 0.609. The highest BCUT2D eigenvalue weighted by Crippen LogP contribution is 2.22. The van der Waals surface area contributed by atoms with Gasteiger partial charge in [0.25, 0.3) is 0 Å². The second-order valence-corrected chi connectivity index (χ2v) is 6.92. The Bertz CT molecular complexity index is 891. The summed E-state index contributed by atoms with van der Waals surface area (Å²) >= 11 is 1.28. The minimum Gasteiger partial charge on any atom is -0.497 e. The molecule has 0 aliphatic carbocycles. The molecule has 0 radical (unpaired) electrons. The minimum atomic E-state index is -0.103. The molecule has 1 amide bonds. The lowest BCUT2D eigenvalue weighted by molar-refractivity contribution is -0.113. The van der Waals surface area contributed by atoms with Crippen molar-refractivity contribution in [2.75, 3.05) is 37.2 Å². The molecule has 0 spiro atoms. The molecule has 0 atom stereocenters. The third kappa shape index (κ3) is 5.01. The average molecular weight is 383 g/mol. The van der Waals surface area contributed by atoms with Gasteiger partial charge in [-0.25, -0.2) is 4.98 Å². The number of methoxy groups -OCH3 is 1. The van der Waals surface area contributed by atoms with Crippen LogP contribution in [0.5, 0.6) is 5.75 Å². The number of nitrogens with zero attached hydrogens (tertiary/aromatic N) is 3. The molecular formula is C19H21N5O2S. The van der Waals surface area contributed by atoms with Gasteiger partial charge in [0.2, 0.25) is 11.1 Å². The van der Waals surface area contributed by atoms with E-state index in [0.717, 1.165) is 22.7 Å². The number of hydrogen-bond donors (Lipinski definition) is 2. The second-order valence-electron chi connectivity index (χ2n) is 5.97. The molecule has 1 heterocycles. The van der Waals surface area contributed by atoms with Crippen molar-refractivity contribution in [2.24, 2.45) is 0 Å². The largest absolute Gasteiger partial charge is 0.497 e. The molecule has 0 unspecified atom stereocenters. The molecule has 140 valence electrons. The van der Waals surface area contributed by atoms with Gasteiger partial charge in [0.15, 0.2) is 5.82 Å². The number of anilines is 2. The molecule has 0 bridgehead atoms. The van der Waals surface area contributed by atoms with E-state index in [4.69, 9.17) is 4.74 Å². The minimum absolute atomic E-state index is 0.103. The first kappa shape index (κ1) is 18.8. The average Bonchev–Trinajstić information content (AvgIpc) is 3.16. The van der Waals surface area contributed by atoms with E-state index in [9.17, 15) is 4.79 Å². The van der Waals surface area contributed by atoms with Gasteiger partial charge < -0.3 is 15.0 Å². The highest BCUT2D eigenvalue weighted by molar-refractivity contribution is 7.99. The summed E-state index contributed by atoms with van der Waals surface area (Å²) in [5, 5.41) is 10.4. The number of carbonyl (C=O) groups excluding carboxylic acids is 1. The number of aromatic amines is 1. The summed E-state index contributed by atoms with van der Waals surface area (Å²) in [6.07, 6.45) is 0. The van der Waals surface area contributed by atoms with Gasteiger partial charge in [0.1, 0.15) is 5.75 Å². The van der Waals surface area contributed by atoms with Gasteiger partial charge in [0.05, 0.1) is 12.9 Å². The van der Waals surface area contributed by atoms with E-state index in [1.807, 2.05) is 67.5 Å². The summed E-state index contributed by atoms with van der Waals surface area (Å²) < 4.78 is 5.14. The summed E-state index contributed by atoms with van der Waals surface area (Å²) in [5.41, 5.74) is 2.75. The maximum Gasteiger partial charge on any atom is 0.234 e. The third-order valence-corrected chi connectivity index (χ3v) is 4.68. The molecule has 7 nitrogen and oxygen atoms in total. The summed E-state index contributed by atoms with van der Waals surface area (Å²) in [4.78, 5) is 18.6. The van der Waals surface area contributed by atoms with Crippen LogP contribution < -0.4 is 15.0 Å². The van der Waals surface area contributed by atoms with E-state index < -0.39 is 0 Å². The van der Waals surface area contributed by atoms with Crippen LogP contribution in [-0.2, 0) is 4.79 Å². The van der Waals surface area contributed by atoms with Crippen LogP contribution in [0.4, 0.5) is 11.4 Å². The van der Waals surface area contributed by atoms with E-state index in [1.54, 1.807) is 7.11 Å². The molecule has 0 saturated heterocycles.